The Hall–Kier alpha value is -0.900. The van der Waals surface area contributed by atoms with Gasteiger partial charge in [0.2, 0.25) is 0 Å². The summed E-state index contributed by atoms with van der Waals surface area (Å²) in [5, 5.41) is 3.45. The van der Waals surface area contributed by atoms with E-state index in [9.17, 15) is 4.79 Å². The third-order valence-corrected chi connectivity index (χ3v) is 3.53. The smallest absolute Gasteiger partial charge is 0.178 e. The van der Waals surface area contributed by atoms with Crippen molar-refractivity contribution < 1.29 is 4.79 Å². The van der Waals surface area contributed by atoms with Crippen molar-refractivity contribution >= 4 is 40.3 Å². The molecule has 0 radical (unpaired) electrons. The maximum absolute atomic E-state index is 11.1. The second kappa shape index (κ2) is 4.53. The standard InChI is InChI=1S/C11H7Cl2NOS/c1-6(15)9-5-16-11(14-9)10-7(12)3-2-4-8(10)13/h2-5H,1H3. The minimum absolute atomic E-state index is 0.0642. The van der Waals surface area contributed by atoms with Crippen LogP contribution in [0.25, 0.3) is 10.6 Å². The zero-order valence-corrected chi connectivity index (χ0v) is 10.7. The Morgan fingerprint density at radius 2 is 1.94 bits per heavy atom. The van der Waals surface area contributed by atoms with Crippen LogP contribution in [0, 0.1) is 0 Å². The number of hydrogen-bond donors (Lipinski definition) is 0. The van der Waals surface area contributed by atoms with Gasteiger partial charge in [0, 0.05) is 17.9 Å². The maximum Gasteiger partial charge on any atom is 0.178 e. The molecule has 0 amide bonds. The first-order valence-corrected chi connectivity index (χ1v) is 6.14. The Bertz CT molecular complexity index is 530. The number of rotatable bonds is 2. The molecule has 1 heterocycles. The summed E-state index contributed by atoms with van der Waals surface area (Å²) in [4.78, 5) is 15.3. The predicted molar refractivity (Wildman–Crippen MR) is 67.6 cm³/mol. The molecular formula is C11H7Cl2NOS. The number of aromatic nitrogens is 1. The molecule has 2 rings (SSSR count). The highest BCUT2D eigenvalue weighted by atomic mass is 35.5. The molecule has 0 N–H and O–H groups in total. The molecule has 0 saturated carbocycles. The Morgan fingerprint density at radius 3 is 2.44 bits per heavy atom. The van der Waals surface area contributed by atoms with E-state index >= 15 is 0 Å². The summed E-state index contributed by atoms with van der Waals surface area (Å²) in [6, 6.07) is 5.27. The minimum Gasteiger partial charge on any atom is -0.293 e. The molecule has 0 unspecified atom stereocenters. The number of benzene rings is 1. The molecule has 0 aliphatic rings. The Balaban J connectivity index is 2.54. The van der Waals surface area contributed by atoms with Crippen molar-refractivity contribution in [2.24, 2.45) is 0 Å². The van der Waals surface area contributed by atoms with Crippen molar-refractivity contribution in [3.8, 4) is 10.6 Å². The van der Waals surface area contributed by atoms with Crippen LogP contribution >= 0.6 is 34.5 Å². The van der Waals surface area contributed by atoms with Gasteiger partial charge in [0.25, 0.3) is 0 Å². The normalized spacial score (nSPS) is 10.4. The van der Waals surface area contributed by atoms with Crippen LogP contribution in [0.2, 0.25) is 10.0 Å². The predicted octanol–water partition coefficient (Wildman–Crippen LogP) is 4.32. The van der Waals surface area contributed by atoms with Gasteiger partial charge in [-0.25, -0.2) is 4.98 Å². The number of ketones is 1. The molecular weight excluding hydrogens is 265 g/mol. The van der Waals surface area contributed by atoms with Crippen LogP contribution in [0.1, 0.15) is 17.4 Å². The van der Waals surface area contributed by atoms with E-state index in [1.807, 2.05) is 0 Å². The van der Waals surface area contributed by atoms with E-state index in [2.05, 4.69) is 4.98 Å². The summed E-state index contributed by atoms with van der Waals surface area (Å²) in [5.74, 6) is -0.0642. The van der Waals surface area contributed by atoms with Gasteiger partial charge in [-0.3, -0.25) is 4.79 Å². The lowest BCUT2D eigenvalue weighted by atomic mass is 10.2. The summed E-state index contributed by atoms with van der Waals surface area (Å²) in [6.45, 7) is 1.48. The Kier molecular flexibility index (Phi) is 3.28. The second-order valence-corrected chi connectivity index (χ2v) is 4.86. The van der Waals surface area contributed by atoms with Gasteiger partial charge in [-0.05, 0) is 12.1 Å². The molecule has 0 aliphatic carbocycles. The fourth-order valence-electron chi connectivity index (χ4n) is 1.25. The minimum atomic E-state index is -0.0642. The van der Waals surface area contributed by atoms with Gasteiger partial charge >= 0.3 is 0 Å². The van der Waals surface area contributed by atoms with E-state index in [-0.39, 0.29) is 5.78 Å². The SMILES string of the molecule is CC(=O)c1csc(-c2c(Cl)cccc2Cl)n1. The van der Waals surface area contributed by atoms with Crippen LogP contribution in [0.4, 0.5) is 0 Å². The second-order valence-electron chi connectivity index (χ2n) is 3.19. The topological polar surface area (TPSA) is 30.0 Å². The van der Waals surface area contributed by atoms with Gasteiger partial charge in [0.05, 0.1) is 10.0 Å². The monoisotopic (exact) mass is 271 g/mol. The molecule has 2 nitrogen and oxygen atoms in total. The van der Waals surface area contributed by atoms with E-state index in [1.54, 1.807) is 23.6 Å². The summed E-state index contributed by atoms with van der Waals surface area (Å²) >= 11 is 13.5. The van der Waals surface area contributed by atoms with E-state index in [0.717, 1.165) is 0 Å². The van der Waals surface area contributed by atoms with E-state index < -0.39 is 0 Å². The first-order valence-electron chi connectivity index (χ1n) is 4.50. The van der Waals surface area contributed by atoms with Gasteiger partial charge in [-0.1, -0.05) is 29.3 Å². The molecule has 5 heteroatoms. The Morgan fingerprint density at radius 1 is 1.31 bits per heavy atom. The molecule has 1 aromatic carbocycles. The molecule has 0 saturated heterocycles. The molecule has 0 fully saturated rings. The van der Waals surface area contributed by atoms with E-state index in [0.29, 0.717) is 26.3 Å². The van der Waals surface area contributed by atoms with Crippen molar-refractivity contribution in [3.05, 3.63) is 39.3 Å². The number of carbonyl (C=O) groups is 1. The zero-order chi connectivity index (χ0) is 11.7. The average molecular weight is 272 g/mol. The summed E-state index contributed by atoms with van der Waals surface area (Å²) < 4.78 is 0. The lowest BCUT2D eigenvalue weighted by Gasteiger charge is -2.02. The van der Waals surface area contributed by atoms with E-state index in [4.69, 9.17) is 23.2 Å². The molecule has 1 aromatic heterocycles. The van der Waals surface area contributed by atoms with Gasteiger partial charge in [0.1, 0.15) is 10.7 Å². The molecule has 0 aliphatic heterocycles. The highest BCUT2D eigenvalue weighted by Gasteiger charge is 2.13. The van der Waals surface area contributed by atoms with Crippen LogP contribution < -0.4 is 0 Å². The van der Waals surface area contributed by atoms with Crippen LogP contribution in [0.15, 0.2) is 23.6 Å². The molecule has 16 heavy (non-hydrogen) atoms. The molecule has 0 bridgehead atoms. The lowest BCUT2D eigenvalue weighted by molar-refractivity contribution is 0.101. The highest BCUT2D eigenvalue weighted by Crippen LogP contribution is 2.36. The molecule has 2 aromatic rings. The number of halogens is 2. The summed E-state index contributed by atoms with van der Waals surface area (Å²) in [6.07, 6.45) is 0. The molecule has 82 valence electrons. The average Bonchev–Trinajstić information content (AvgIpc) is 2.66. The number of nitrogens with zero attached hydrogens (tertiary/aromatic N) is 1. The lowest BCUT2D eigenvalue weighted by Crippen LogP contribution is -1.91. The fourth-order valence-corrected chi connectivity index (χ4v) is 2.87. The first kappa shape index (κ1) is 11.6. The van der Waals surface area contributed by atoms with Gasteiger partial charge in [-0.2, -0.15) is 0 Å². The fraction of sp³-hybridized carbons (Fsp3) is 0.0909. The quantitative estimate of drug-likeness (QED) is 0.762. The third kappa shape index (κ3) is 2.12. The van der Waals surface area contributed by atoms with Gasteiger partial charge in [-0.15, -0.1) is 11.3 Å². The van der Waals surface area contributed by atoms with Crippen molar-refractivity contribution in [3.63, 3.8) is 0 Å². The highest BCUT2D eigenvalue weighted by molar-refractivity contribution is 7.13. The van der Waals surface area contributed by atoms with Crippen LogP contribution in [-0.4, -0.2) is 10.8 Å². The van der Waals surface area contributed by atoms with Crippen LogP contribution in [-0.2, 0) is 0 Å². The first-order chi connectivity index (χ1) is 7.59. The number of thiazole rings is 1. The zero-order valence-electron chi connectivity index (χ0n) is 8.33. The van der Waals surface area contributed by atoms with Crippen LogP contribution in [0.3, 0.4) is 0 Å². The number of hydrogen-bond acceptors (Lipinski definition) is 3. The molecule has 0 atom stereocenters. The van der Waals surface area contributed by atoms with Gasteiger partial charge in [0.15, 0.2) is 5.78 Å². The largest absolute Gasteiger partial charge is 0.293 e. The van der Waals surface area contributed by atoms with Crippen molar-refractivity contribution in [2.45, 2.75) is 6.92 Å². The van der Waals surface area contributed by atoms with Crippen LogP contribution in [0.5, 0.6) is 0 Å². The van der Waals surface area contributed by atoms with Crippen molar-refractivity contribution in [2.75, 3.05) is 0 Å². The van der Waals surface area contributed by atoms with E-state index in [1.165, 1.54) is 18.3 Å². The number of carbonyl (C=O) groups excluding carboxylic acids is 1. The third-order valence-electron chi connectivity index (χ3n) is 2.04. The summed E-state index contributed by atoms with van der Waals surface area (Å²) in [7, 11) is 0. The number of Topliss-reactive ketones (excluding diaryl/α,β-unsaturated/α-hetero) is 1. The Labute approximate surface area is 107 Å². The van der Waals surface area contributed by atoms with Crippen molar-refractivity contribution in [1.82, 2.24) is 4.98 Å². The maximum atomic E-state index is 11.1. The summed E-state index contributed by atoms with van der Waals surface area (Å²) in [5.41, 5.74) is 1.12. The molecule has 0 spiro atoms. The van der Waals surface area contributed by atoms with Crippen molar-refractivity contribution in [1.29, 1.82) is 0 Å². The van der Waals surface area contributed by atoms with Gasteiger partial charge < -0.3 is 0 Å².